The van der Waals surface area contributed by atoms with Gasteiger partial charge < -0.3 is 10.4 Å². The van der Waals surface area contributed by atoms with E-state index in [2.05, 4.69) is 107 Å². The first kappa shape index (κ1) is 67.1. The van der Waals surface area contributed by atoms with E-state index in [1.165, 1.54) is 79.1 Å². The maximum absolute atomic E-state index is 14.5. The Morgan fingerprint density at radius 1 is 0.392 bits per heavy atom. The van der Waals surface area contributed by atoms with Crippen molar-refractivity contribution in [2.75, 3.05) is 7.05 Å². The first-order valence-corrected chi connectivity index (χ1v) is 30.9. The van der Waals surface area contributed by atoms with Crippen LogP contribution in [-0.4, -0.2) is 114 Å². The largest absolute Gasteiger partial charge is 0.388 e. The Morgan fingerprint density at radius 3 is 1.20 bits per heavy atom. The fourth-order valence-electron chi connectivity index (χ4n) is 10.4. The molecule has 0 bridgehead atoms. The van der Waals surface area contributed by atoms with Crippen molar-refractivity contribution in [2.45, 2.75) is 20.1 Å². The lowest BCUT2D eigenvalue weighted by Gasteiger charge is -1.99. The van der Waals surface area contributed by atoms with E-state index in [0.717, 1.165) is 33.0 Å². The van der Waals surface area contributed by atoms with E-state index >= 15 is 0 Å². The number of aromatic nitrogens is 20. The summed E-state index contributed by atoms with van der Waals surface area (Å²) in [6, 6.07) is 36.5. The summed E-state index contributed by atoms with van der Waals surface area (Å²) in [5.74, 6) is -0.286. The van der Waals surface area contributed by atoms with Crippen molar-refractivity contribution in [3.8, 4) is 45.6 Å². The lowest BCUT2D eigenvalue weighted by Crippen LogP contribution is -2.06. The van der Waals surface area contributed by atoms with Gasteiger partial charge in [0.25, 0.3) is 0 Å². The fourth-order valence-corrected chi connectivity index (χ4v) is 10.4. The normalized spacial score (nSPS) is 11.6. The summed E-state index contributed by atoms with van der Waals surface area (Å²) in [5, 5.41) is 69.2. The molecule has 8 aromatic carbocycles. The van der Waals surface area contributed by atoms with Crippen molar-refractivity contribution >= 4 is 92.2 Å². The summed E-state index contributed by atoms with van der Waals surface area (Å²) in [6.45, 7) is 1.95. The zero-order valence-corrected chi connectivity index (χ0v) is 53.3. The lowest BCUT2D eigenvalue weighted by molar-refractivity contribution is 0.272. The van der Waals surface area contributed by atoms with Gasteiger partial charge in [-0.3, -0.25) is 40.8 Å². The molecule has 0 fully saturated rings. The molecule has 22 nitrogen and oxygen atoms in total. The molecule has 0 unspecified atom stereocenters. The van der Waals surface area contributed by atoms with Crippen molar-refractivity contribution in [1.29, 1.82) is 0 Å². The molecule has 0 atom stereocenters. The predicted octanol–water partition coefficient (Wildman–Crippen LogP) is 14.7. The van der Waals surface area contributed by atoms with Crippen LogP contribution in [0.5, 0.6) is 0 Å². The molecule has 8 heterocycles. The van der Waals surface area contributed by atoms with Gasteiger partial charge in [0.1, 0.15) is 70.8 Å². The van der Waals surface area contributed by atoms with Crippen LogP contribution >= 0.6 is 0 Å². The molecule has 16 rings (SSSR count). The SMILES string of the molecule is CNCc1nc(-c2cc3c(/C=C/c4ccc(F)cc4)n[nH]c3cc2F)n[nH]1.Cc1nc(-c2cc3c(/C=C/c4ccc(F)cc4)n[nH]c3cc2F)n[nH]1.Fc1ccc(/C=C/c2[nH]nc3c(F)cc(-c4ncn[nH]4)cc23)cc1.OCc1nc(-c2cc3c(/C=C/c4ccc(F)cc4)n[nH]c3cc2F)n[nH]1. The number of hydrogen-bond acceptors (Lipinski definition) is 14. The molecule has 0 aliphatic rings. The number of halogens is 8. The average molecular weight is 1380 g/mol. The van der Waals surface area contributed by atoms with Crippen LogP contribution in [0.3, 0.4) is 0 Å². The smallest absolute Gasteiger partial charge is 0.184 e. The number of aliphatic hydroxyl groups excluding tert-OH is 1. The zero-order valence-electron chi connectivity index (χ0n) is 53.3. The summed E-state index contributed by atoms with van der Waals surface area (Å²) in [5.41, 5.74) is 9.14. The minimum absolute atomic E-state index is 0.156. The minimum Gasteiger partial charge on any atom is -0.388 e. The Morgan fingerprint density at radius 2 is 0.804 bits per heavy atom. The van der Waals surface area contributed by atoms with Gasteiger partial charge in [0.05, 0.1) is 62.6 Å². The molecule has 0 aliphatic heterocycles. The highest BCUT2D eigenvalue weighted by atomic mass is 19.2. The number of aromatic amines is 8. The number of nitrogens with one attached hydrogen (secondary N) is 9. The second-order valence-corrected chi connectivity index (χ2v) is 22.5. The molecule has 16 aromatic rings. The van der Waals surface area contributed by atoms with Crippen LogP contribution in [0.15, 0.2) is 152 Å². The highest BCUT2D eigenvalue weighted by molar-refractivity contribution is 5.95. The Bertz CT molecular complexity index is 5710. The van der Waals surface area contributed by atoms with Crippen molar-refractivity contribution in [2.24, 2.45) is 0 Å². The van der Waals surface area contributed by atoms with Crippen molar-refractivity contribution in [3.05, 3.63) is 261 Å². The van der Waals surface area contributed by atoms with Gasteiger partial charge in [-0.1, -0.05) is 72.8 Å². The maximum atomic E-state index is 14.5. The van der Waals surface area contributed by atoms with Gasteiger partial charge in [-0.25, -0.2) is 55.1 Å². The van der Waals surface area contributed by atoms with Crippen LogP contribution in [0.4, 0.5) is 35.1 Å². The molecule has 508 valence electrons. The Kier molecular flexibility index (Phi) is 19.8. The number of benzene rings is 8. The fraction of sp³-hybridized carbons (Fsp3) is 0.0556. The second-order valence-electron chi connectivity index (χ2n) is 22.5. The number of aryl methyl sites for hydroxylation is 1. The Balaban J connectivity index is 0.000000121. The van der Waals surface area contributed by atoms with Gasteiger partial charge in [0.15, 0.2) is 34.9 Å². The molecule has 10 N–H and O–H groups in total. The van der Waals surface area contributed by atoms with Crippen molar-refractivity contribution in [3.63, 3.8) is 0 Å². The third-order valence-electron chi connectivity index (χ3n) is 15.5. The molecule has 8 aromatic heterocycles. The van der Waals surface area contributed by atoms with Crippen LogP contribution in [0.25, 0.3) is 138 Å². The third-order valence-corrected chi connectivity index (χ3v) is 15.5. The number of hydrogen-bond donors (Lipinski definition) is 10. The standard InChI is InChI=1S/C19H16F2N6.C18H13F2N5O.C18H13F2N5.C17H11F2N5/c1-22-10-18-23-19(27-26-18)13-8-14-16(24-25-17(14)9-15(13)21)7-4-11-2-5-12(20)6-3-11;19-11-4-1-10(2-5-11)3-6-15-13-7-12(14(20)8-16(13)23-22-15)18-21-17(9-26)24-25-18;1-10-21-18(25-22-10)13-8-14-16(23-24-17(14)9-15(13)20)7-4-11-2-5-12(19)6-3-11;18-12-4-1-10(2-5-12)3-6-15-13-7-11(17-20-9-21-24-17)8-14(19)16(13)23-22-15/h2-9,22H,10H2,1H3,(H,24,25)(H,23,26,27);1-8,26H,9H2,(H,22,23)(H,21,24,25);2-9H,1H3,(H,23,24)(H,21,22,25);1-9H,(H,22,23)(H,20,21,24)/b7-4+;6-3+;7-4+;6-3+. The lowest BCUT2D eigenvalue weighted by atomic mass is 10.1. The highest BCUT2D eigenvalue weighted by Gasteiger charge is 2.19. The predicted molar refractivity (Wildman–Crippen MR) is 370 cm³/mol. The second kappa shape index (κ2) is 30.1. The summed E-state index contributed by atoms with van der Waals surface area (Å²) < 4.78 is 109. The molecule has 30 heteroatoms. The summed E-state index contributed by atoms with van der Waals surface area (Å²) in [6.07, 6.45) is 15.7. The van der Waals surface area contributed by atoms with Crippen LogP contribution in [-0.2, 0) is 13.2 Å². The van der Waals surface area contributed by atoms with E-state index in [9.17, 15) is 35.1 Å². The van der Waals surface area contributed by atoms with Gasteiger partial charge in [-0.05, 0) is 139 Å². The van der Waals surface area contributed by atoms with E-state index in [0.29, 0.717) is 96.6 Å². The van der Waals surface area contributed by atoms with Gasteiger partial charge >= 0.3 is 0 Å². The van der Waals surface area contributed by atoms with E-state index in [-0.39, 0.29) is 58.4 Å². The molecule has 0 saturated heterocycles. The van der Waals surface area contributed by atoms with Gasteiger partial charge in [0.2, 0.25) is 0 Å². The average Bonchev–Trinajstić information content (AvgIpc) is 1.63. The van der Waals surface area contributed by atoms with E-state index < -0.39 is 23.3 Å². The van der Waals surface area contributed by atoms with Gasteiger partial charge in [-0.2, -0.15) is 40.8 Å². The number of fused-ring (bicyclic) bond motifs is 4. The number of rotatable bonds is 15. The Labute approximate surface area is 570 Å². The molecule has 0 amide bonds. The van der Waals surface area contributed by atoms with Crippen LogP contribution in [0.2, 0.25) is 0 Å². The van der Waals surface area contributed by atoms with Crippen molar-refractivity contribution < 1.29 is 40.2 Å². The molecule has 102 heavy (non-hydrogen) atoms. The monoisotopic (exact) mass is 1380 g/mol. The van der Waals surface area contributed by atoms with Gasteiger partial charge in [-0.15, -0.1) is 0 Å². The zero-order chi connectivity index (χ0) is 70.8. The molecular weight excluding hydrogens is 1330 g/mol. The van der Waals surface area contributed by atoms with Crippen LogP contribution < -0.4 is 5.32 Å². The van der Waals surface area contributed by atoms with E-state index in [1.54, 1.807) is 123 Å². The molecule has 0 aliphatic carbocycles. The first-order chi connectivity index (χ1) is 49.6. The first-order valence-electron chi connectivity index (χ1n) is 30.9. The third kappa shape index (κ3) is 15.6. The van der Waals surface area contributed by atoms with E-state index in [4.69, 9.17) is 5.11 Å². The molecule has 0 spiro atoms. The Hall–Kier alpha value is -13.5. The quantitative estimate of drug-likeness (QED) is 0.0427. The minimum atomic E-state index is -0.501. The molecule has 0 radical (unpaired) electrons. The van der Waals surface area contributed by atoms with Gasteiger partial charge in [0, 0.05) is 45.3 Å². The number of H-pyrrole nitrogens is 8. The highest BCUT2D eigenvalue weighted by Crippen LogP contribution is 2.32. The number of aliphatic hydroxyl groups is 1. The molecule has 0 saturated carbocycles. The summed E-state index contributed by atoms with van der Waals surface area (Å²) in [7, 11) is 1.79. The summed E-state index contributed by atoms with van der Waals surface area (Å²) >= 11 is 0. The van der Waals surface area contributed by atoms with E-state index in [1.807, 2.05) is 12.2 Å². The van der Waals surface area contributed by atoms with Crippen LogP contribution in [0.1, 0.15) is 62.5 Å². The van der Waals surface area contributed by atoms with Crippen molar-refractivity contribution in [1.82, 2.24) is 107 Å². The van der Waals surface area contributed by atoms with Crippen LogP contribution in [0, 0.1) is 53.5 Å². The molecular formula is C72H53F8N21O. The number of nitrogens with zero attached hydrogens (tertiary/aromatic N) is 12. The topological polar surface area (TPSA) is 313 Å². The summed E-state index contributed by atoms with van der Waals surface area (Å²) in [4.78, 5) is 16.5. The maximum Gasteiger partial charge on any atom is 0.184 e.